The van der Waals surface area contributed by atoms with Crippen molar-refractivity contribution in [2.75, 3.05) is 30.9 Å². The number of hydrogen-bond donors (Lipinski definition) is 6. The van der Waals surface area contributed by atoms with Crippen molar-refractivity contribution in [1.82, 2.24) is 15.5 Å². The Hall–Kier alpha value is -1.50. The van der Waals surface area contributed by atoms with Gasteiger partial charge in [0.2, 0.25) is 17.7 Å². The first-order valence-electron chi connectivity index (χ1n) is 10.5. The third-order valence-electron chi connectivity index (χ3n) is 5.16. The zero-order chi connectivity index (χ0) is 23.4. The van der Waals surface area contributed by atoms with Crippen LogP contribution in [0.1, 0.15) is 38.5 Å². The number of carbonyl (C=O) groups is 4. The summed E-state index contributed by atoms with van der Waals surface area (Å²) in [6.45, 7) is 0.817. The third-order valence-corrected chi connectivity index (χ3v) is 6.20. The number of nitrogens with zero attached hydrogens (tertiary/aromatic N) is 1. The van der Waals surface area contributed by atoms with Crippen molar-refractivity contribution in [3.8, 4) is 0 Å². The maximum absolute atomic E-state index is 13.2. The Kier molecular flexibility index (Phi) is 12.9. The van der Waals surface area contributed by atoms with Crippen molar-refractivity contribution in [1.29, 1.82) is 0 Å². The summed E-state index contributed by atoms with van der Waals surface area (Å²) in [6, 6.07) is -3.44. The Balaban J connectivity index is 2.86. The Morgan fingerprint density at radius 2 is 1.90 bits per heavy atom. The number of unbranched alkanes of at least 4 members (excludes halogenated alkanes) is 1. The van der Waals surface area contributed by atoms with Crippen molar-refractivity contribution in [3.63, 3.8) is 0 Å². The molecule has 3 amide bonds. The van der Waals surface area contributed by atoms with Gasteiger partial charge in [0.1, 0.15) is 18.1 Å². The van der Waals surface area contributed by atoms with Gasteiger partial charge in [-0.15, -0.1) is 0 Å². The number of amides is 3. The molecular weight excluding hydrogens is 442 g/mol. The smallest absolute Gasteiger partial charge is 0.326 e. The first kappa shape index (κ1) is 27.5. The van der Waals surface area contributed by atoms with E-state index in [-0.39, 0.29) is 18.1 Å². The lowest BCUT2D eigenvalue weighted by Crippen LogP contribution is -2.57. The number of thiol groups is 1. The van der Waals surface area contributed by atoms with Gasteiger partial charge in [-0.3, -0.25) is 14.4 Å². The van der Waals surface area contributed by atoms with E-state index in [0.29, 0.717) is 50.9 Å². The van der Waals surface area contributed by atoms with E-state index in [1.165, 1.54) is 16.7 Å². The second kappa shape index (κ2) is 14.5. The number of hydrogen-bond acceptors (Lipinski definition) is 8. The van der Waals surface area contributed by atoms with Gasteiger partial charge in [-0.25, -0.2) is 4.79 Å². The molecule has 1 heterocycles. The van der Waals surface area contributed by atoms with Crippen LogP contribution in [0.15, 0.2) is 0 Å². The topological polar surface area (TPSA) is 168 Å². The molecule has 4 unspecified atom stereocenters. The van der Waals surface area contributed by atoms with Gasteiger partial charge in [0, 0.05) is 12.3 Å². The van der Waals surface area contributed by atoms with E-state index in [0.717, 1.165) is 0 Å². The van der Waals surface area contributed by atoms with Crippen molar-refractivity contribution in [2.45, 2.75) is 62.7 Å². The quantitative estimate of drug-likeness (QED) is 0.139. The molecule has 7 N–H and O–H groups in total. The van der Waals surface area contributed by atoms with Gasteiger partial charge in [-0.2, -0.15) is 24.4 Å². The standard InChI is InChI=1S/C19H35N5O5S2/c1-31-10-7-13(22-16(25)12(21)11-30)18(27)24-9-4-6-15(24)17(26)23-14(19(28)29)5-2-3-8-20/h12-15,30H,2-11,20-21H2,1H3,(H,22,25)(H,23,26)(H,28,29). The Labute approximate surface area is 193 Å². The van der Waals surface area contributed by atoms with Crippen molar-refractivity contribution < 1.29 is 24.3 Å². The average Bonchev–Trinajstić information content (AvgIpc) is 3.24. The minimum Gasteiger partial charge on any atom is -0.480 e. The molecule has 0 spiro atoms. The van der Waals surface area contributed by atoms with Crippen molar-refractivity contribution >= 4 is 48.1 Å². The van der Waals surface area contributed by atoms with Crippen molar-refractivity contribution in [2.24, 2.45) is 11.5 Å². The molecule has 1 aliphatic heterocycles. The predicted octanol–water partition coefficient (Wildman–Crippen LogP) is -0.829. The number of nitrogens with two attached hydrogens (primary N) is 2. The number of nitrogens with one attached hydrogen (secondary N) is 2. The molecular formula is C19H35N5O5S2. The lowest BCUT2D eigenvalue weighted by atomic mass is 10.1. The molecule has 0 aromatic rings. The summed E-state index contributed by atoms with van der Waals surface area (Å²) in [5, 5.41) is 14.6. The van der Waals surface area contributed by atoms with Crippen molar-refractivity contribution in [3.05, 3.63) is 0 Å². The van der Waals surface area contributed by atoms with E-state index in [1.807, 2.05) is 6.26 Å². The van der Waals surface area contributed by atoms with Crippen LogP contribution in [0.4, 0.5) is 0 Å². The van der Waals surface area contributed by atoms with E-state index in [1.54, 1.807) is 0 Å². The van der Waals surface area contributed by atoms with Crippen LogP contribution in [0.3, 0.4) is 0 Å². The van der Waals surface area contributed by atoms with E-state index < -0.39 is 42.0 Å². The fourth-order valence-corrected chi connectivity index (χ4v) is 4.01. The second-order valence-corrected chi connectivity index (χ2v) is 8.86. The van der Waals surface area contributed by atoms with E-state index in [2.05, 4.69) is 23.3 Å². The molecule has 12 heteroatoms. The highest BCUT2D eigenvalue weighted by molar-refractivity contribution is 7.98. The Morgan fingerprint density at radius 1 is 1.19 bits per heavy atom. The molecule has 178 valence electrons. The molecule has 1 rings (SSSR count). The number of thioether (sulfide) groups is 1. The molecule has 0 aromatic heterocycles. The highest BCUT2D eigenvalue weighted by Crippen LogP contribution is 2.20. The summed E-state index contributed by atoms with van der Waals surface area (Å²) in [4.78, 5) is 51.1. The molecule has 1 fully saturated rings. The zero-order valence-electron chi connectivity index (χ0n) is 17.9. The van der Waals surface area contributed by atoms with Gasteiger partial charge in [-0.05, 0) is 57.1 Å². The van der Waals surface area contributed by atoms with Crippen LogP contribution in [-0.2, 0) is 19.2 Å². The second-order valence-electron chi connectivity index (χ2n) is 7.51. The minimum absolute atomic E-state index is 0.144. The molecule has 0 radical (unpaired) electrons. The monoisotopic (exact) mass is 477 g/mol. The lowest BCUT2D eigenvalue weighted by Gasteiger charge is -2.30. The average molecular weight is 478 g/mol. The molecule has 1 aliphatic rings. The summed E-state index contributed by atoms with van der Waals surface area (Å²) >= 11 is 5.55. The maximum Gasteiger partial charge on any atom is 0.326 e. The minimum atomic E-state index is -1.12. The fourth-order valence-electron chi connectivity index (χ4n) is 3.38. The first-order valence-corrected chi connectivity index (χ1v) is 12.5. The maximum atomic E-state index is 13.2. The van der Waals surface area contributed by atoms with Crippen LogP contribution in [0, 0.1) is 0 Å². The highest BCUT2D eigenvalue weighted by Gasteiger charge is 2.38. The number of aliphatic carboxylic acids is 1. The summed E-state index contributed by atoms with van der Waals surface area (Å²) in [7, 11) is 0. The Bertz CT molecular complexity index is 624. The number of carboxylic acid groups (broad SMARTS) is 1. The summed E-state index contributed by atoms with van der Waals surface area (Å²) in [5.41, 5.74) is 11.2. The molecule has 0 bridgehead atoms. The summed E-state index contributed by atoms with van der Waals surface area (Å²) in [5.74, 6) is -1.66. The molecule has 0 aliphatic carbocycles. The number of carbonyl (C=O) groups excluding carboxylic acids is 3. The molecule has 0 aromatic carbocycles. The van der Waals surface area contributed by atoms with E-state index >= 15 is 0 Å². The predicted molar refractivity (Wildman–Crippen MR) is 124 cm³/mol. The highest BCUT2D eigenvalue weighted by atomic mass is 32.2. The molecule has 4 atom stereocenters. The lowest BCUT2D eigenvalue weighted by molar-refractivity contribution is -0.145. The van der Waals surface area contributed by atoms with Gasteiger partial charge in [0.15, 0.2) is 0 Å². The van der Waals surface area contributed by atoms with Gasteiger partial charge in [0.25, 0.3) is 0 Å². The van der Waals surface area contributed by atoms with Gasteiger partial charge in [-0.1, -0.05) is 0 Å². The normalized spacial score (nSPS) is 18.8. The zero-order valence-corrected chi connectivity index (χ0v) is 19.6. The van der Waals surface area contributed by atoms with Gasteiger partial charge < -0.3 is 32.1 Å². The molecule has 0 saturated carbocycles. The summed E-state index contributed by atoms with van der Waals surface area (Å²) in [6.07, 6.45) is 4.86. The number of rotatable bonds is 14. The number of carboxylic acids is 1. The molecule has 10 nitrogen and oxygen atoms in total. The summed E-state index contributed by atoms with van der Waals surface area (Å²) < 4.78 is 0. The number of likely N-dealkylation sites (tertiary alicyclic amines) is 1. The van der Waals surface area contributed by atoms with Crippen LogP contribution < -0.4 is 22.1 Å². The van der Waals surface area contributed by atoms with E-state index in [4.69, 9.17) is 11.5 Å². The first-order chi connectivity index (χ1) is 14.8. The molecule has 1 saturated heterocycles. The van der Waals surface area contributed by atoms with E-state index in [9.17, 15) is 24.3 Å². The SMILES string of the molecule is CSCCC(NC(=O)C(N)CS)C(=O)N1CCCC1C(=O)NC(CCCCN)C(=O)O. The van der Waals surface area contributed by atoms with Crippen LogP contribution in [0.25, 0.3) is 0 Å². The Morgan fingerprint density at radius 3 is 2.48 bits per heavy atom. The third kappa shape index (κ3) is 8.87. The fraction of sp³-hybridized carbons (Fsp3) is 0.789. The largest absolute Gasteiger partial charge is 0.480 e. The van der Waals surface area contributed by atoms with Gasteiger partial charge >= 0.3 is 5.97 Å². The van der Waals surface area contributed by atoms with Crippen LogP contribution in [0.2, 0.25) is 0 Å². The van der Waals surface area contributed by atoms with Crippen LogP contribution in [0.5, 0.6) is 0 Å². The van der Waals surface area contributed by atoms with Gasteiger partial charge in [0.05, 0.1) is 6.04 Å². The van der Waals surface area contributed by atoms with Crippen LogP contribution >= 0.6 is 24.4 Å². The van der Waals surface area contributed by atoms with Crippen LogP contribution in [-0.4, -0.2) is 88.7 Å². The molecule has 31 heavy (non-hydrogen) atoms.